The molecule has 1 nitrogen and oxygen atoms in total. The van der Waals surface area contributed by atoms with Gasteiger partial charge < -0.3 is 5.73 Å². The Morgan fingerprint density at radius 2 is 2.10 bits per heavy atom. The second-order valence-electron chi connectivity index (χ2n) is 4.20. The summed E-state index contributed by atoms with van der Waals surface area (Å²) in [4.78, 5) is 0. The molecule has 0 spiro atoms. The summed E-state index contributed by atoms with van der Waals surface area (Å²) in [7, 11) is 0. The molecule has 0 radical (unpaired) electrons. The molecular weight excluding hydrogens is 122 g/mol. The second-order valence-corrected chi connectivity index (χ2v) is 4.20. The summed E-state index contributed by atoms with van der Waals surface area (Å²) >= 11 is 0. The molecule has 58 valence electrons. The van der Waals surface area contributed by atoms with Gasteiger partial charge in [0, 0.05) is 6.04 Å². The summed E-state index contributed by atoms with van der Waals surface area (Å²) in [5, 5.41) is 0. The summed E-state index contributed by atoms with van der Waals surface area (Å²) in [6.07, 6.45) is 5.89. The first kappa shape index (κ1) is 6.66. The lowest BCUT2D eigenvalue weighted by Gasteiger charge is -2.24. The number of rotatable bonds is 1. The van der Waals surface area contributed by atoms with E-state index in [1.807, 2.05) is 0 Å². The van der Waals surface area contributed by atoms with Crippen molar-refractivity contribution in [2.75, 3.05) is 0 Å². The largest absolute Gasteiger partial charge is 0.328 e. The fourth-order valence-corrected chi connectivity index (χ4v) is 2.94. The van der Waals surface area contributed by atoms with Crippen LogP contribution in [0.15, 0.2) is 0 Å². The van der Waals surface area contributed by atoms with E-state index < -0.39 is 0 Å². The zero-order valence-electron chi connectivity index (χ0n) is 6.72. The van der Waals surface area contributed by atoms with E-state index in [0.717, 1.165) is 17.8 Å². The average molecular weight is 139 g/mol. The van der Waals surface area contributed by atoms with Crippen LogP contribution < -0.4 is 5.73 Å². The molecule has 0 unspecified atom stereocenters. The third-order valence-electron chi connectivity index (χ3n) is 3.47. The highest BCUT2D eigenvalue weighted by atomic mass is 14.7. The van der Waals surface area contributed by atoms with E-state index in [-0.39, 0.29) is 0 Å². The highest BCUT2D eigenvalue weighted by Gasteiger charge is 2.40. The standard InChI is InChI=1S/C9H17N/c1-6(10)9-5-7-2-3-8(9)4-7/h6-9H,2-5,10H2,1H3/t6-,7-,8-,9-/m1/s1. The van der Waals surface area contributed by atoms with E-state index in [4.69, 9.17) is 5.73 Å². The van der Waals surface area contributed by atoms with Gasteiger partial charge in [-0.25, -0.2) is 0 Å². The fraction of sp³-hybridized carbons (Fsp3) is 1.00. The molecule has 2 bridgehead atoms. The van der Waals surface area contributed by atoms with Crippen LogP contribution in [0.2, 0.25) is 0 Å². The van der Waals surface area contributed by atoms with Crippen LogP contribution in [0.5, 0.6) is 0 Å². The first-order valence-electron chi connectivity index (χ1n) is 4.53. The van der Waals surface area contributed by atoms with Gasteiger partial charge in [0.1, 0.15) is 0 Å². The molecule has 2 saturated carbocycles. The maximum absolute atomic E-state index is 5.88. The predicted molar refractivity (Wildman–Crippen MR) is 42.6 cm³/mol. The van der Waals surface area contributed by atoms with Crippen LogP contribution in [-0.2, 0) is 0 Å². The van der Waals surface area contributed by atoms with Crippen LogP contribution >= 0.6 is 0 Å². The topological polar surface area (TPSA) is 26.0 Å². The lowest BCUT2D eigenvalue weighted by atomic mass is 9.84. The molecular formula is C9H17N. The van der Waals surface area contributed by atoms with Crippen molar-refractivity contribution >= 4 is 0 Å². The third kappa shape index (κ3) is 0.878. The molecule has 0 aliphatic heterocycles. The minimum absolute atomic E-state index is 0.454. The molecule has 2 N–H and O–H groups in total. The normalized spacial score (nSPS) is 48.0. The molecule has 4 atom stereocenters. The quantitative estimate of drug-likeness (QED) is 0.588. The molecule has 0 aromatic carbocycles. The van der Waals surface area contributed by atoms with E-state index in [2.05, 4.69) is 6.92 Å². The molecule has 0 amide bonds. The maximum atomic E-state index is 5.88. The minimum atomic E-state index is 0.454. The van der Waals surface area contributed by atoms with Gasteiger partial charge in [0.05, 0.1) is 0 Å². The van der Waals surface area contributed by atoms with Crippen molar-refractivity contribution in [3.05, 3.63) is 0 Å². The van der Waals surface area contributed by atoms with E-state index in [0.29, 0.717) is 6.04 Å². The number of fused-ring (bicyclic) bond motifs is 2. The molecule has 2 rings (SSSR count). The summed E-state index contributed by atoms with van der Waals surface area (Å²) in [5.41, 5.74) is 5.88. The molecule has 2 fully saturated rings. The van der Waals surface area contributed by atoms with Crippen LogP contribution in [0.4, 0.5) is 0 Å². The summed E-state index contributed by atoms with van der Waals surface area (Å²) in [6.45, 7) is 2.17. The van der Waals surface area contributed by atoms with Gasteiger partial charge >= 0.3 is 0 Å². The van der Waals surface area contributed by atoms with Gasteiger partial charge in [-0.1, -0.05) is 6.42 Å². The number of nitrogens with two attached hydrogens (primary N) is 1. The molecule has 2 aliphatic rings. The Bertz CT molecular complexity index is 131. The molecule has 0 aromatic heterocycles. The SMILES string of the molecule is C[C@@H](N)[C@H]1C[C@@H]2CC[C@@H]1C2. The Labute approximate surface area is 63.0 Å². The van der Waals surface area contributed by atoms with Crippen LogP contribution in [0.3, 0.4) is 0 Å². The zero-order valence-corrected chi connectivity index (χ0v) is 6.72. The third-order valence-corrected chi connectivity index (χ3v) is 3.47. The van der Waals surface area contributed by atoms with Crippen molar-refractivity contribution in [1.29, 1.82) is 0 Å². The molecule has 0 saturated heterocycles. The van der Waals surface area contributed by atoms with Gasteiger partial charge in [-0.15, -0.1) is 0 Å². The Morgan fingerprint density at radius 1 is 1.30 bits per heavy atom. The van der Waals surface area contributed by atoms with Gasteiger partial charge in [0.2, 0.25) is 0 Å². The highest BCUT2D eigenvalue weighted by molar-refractivity contribution is 4.92. The van der Waals surface area contributed by atoms with Gasteiger partial charge in [0.15, 0.2) is 0 Å². The van der Waals surface area contributed by atoms with Crippen molar-refractivity contribution in [1.82, 2.24) is 0 Å². The van der Waals surface area contributed by atoms with Crippen molar-refractivity contribution < 1.29 is 0 Å². The summed E-state index contributed by atoms with van der Waals surface area (Å²) < 4.78 is 0. The lowest BCUT2D eigenvalue weighted by molar-refractivity contribution is 0.293. The van der Waals surface area contributed by atoms with Crippen molar-refractivity contribution in [3.8, 4) is 0 Å². The molecule has 1 heteroatoms. The summed E-state index contributed by atoms with van der Waals surface area (Å²) in [5.74, 6) is 2.93. The van der Waals surface area contributed by atoms with Gasteiger partial charge in [-0.2, -0.15) is 0 Å². The fourth-order valence-electron chi connectivity index (χ4n) is 2.94. The smallest absolute Gasteiger partial charge is 0.00415 e. The molecule has 2 aliphatic carbocycles. The zero-order chi connectivity index (χ0) is 7.14. The Kier molecular flexibility index (Phi) is 1.48. The van der Waals surface area contributed by atoms with Crippen LogP contribution in [-0.4, -0.2) is 6.04 Å². The van der Waals surface area contributed by atoms with E-state index >= 15 is 0 Å². The van der Waals surface area contributed by atoms with Gasteiger partial charge in [-0.3, -0.25) is 0 Å². The average Bonchev–Trinajstić information content (AvgIpc) is 2.44. The van der Waals surface area contributed by atoms with E-state index in [1.54, 1.807) is 0 Å². The molecule has 10 heavy (non-hydrogen) atoms. The van der Waals surface area contributed by atoms with Crippen LogP contribution in [0, 0.1) is 17.8 Å². The van der Waals surface area contributed by atoms with Gasteiger partial charge in [-0.05, 0) is 43.9 Å². The van der Waals surface area contributed by atoms with E-state index in [1.165, 1.54) is 25.7 Å². The number of hydrogen-bond donors (Lipinski definition) is 1. The first-order chi connectivity index (χ1) is 4.77. The van der Waals surface area contributed by atoms with Crippen molar-refractivity contribution in [2.24, 2.45) is 23.5 Å². The maximum Gasteiger partial charge on any atom is 0.00415 e. The number of hydrogen-bond acceptors (Lipinski definition) is 1. The van der Waals surface area contributed by atoms with Crippen molar-refractivity contribution in [3.63, 3.8) is 0 Å². The van der Waals surface area contributed by atoms with Gasteiger partial charge in [0.25, 0.3) is 0 Å². The first-order valence-corrected chi connectivity index (χ1v) is 4.53. The second kappa shape index (κ2) is 2.23. The molecule has 0 aromatic rings. The predicted octanol–water partition coefficient (Wildman–Crippen LogP) is 1.77. The highest BCUT2D eigenvalue weighted by Crippen LogP contribution is 2.49. The Morgan fingerprint density at radius 3 is 2.40 bits per heavy atom. The summed E-state index contributed by atoms with van der Waals surface area (Å²) in [6, 6.07) is 0.454. The monoisotopic (exact) mass is 139 g/mol. The van der Waals surface area contributed by atoms with E-state index in [9.17, 15) is 0 Å². The lowest BCUT2D eigenvalue weighted by Crippen LogP contribution is -2.30. The van der Waals surface area contributed by atoms with Crippen LogP contribution in [0.25, 0.3) is 0 Å². The van der Waals surface area contributed by atoms with Crippen molar-refractivity contribution in [2.45, 2.75) is 38.6 Å². The van der Waals surface area contributed by atoms with Crippen LogP contribution in [0.1, 0.15) is 32.6 Å². The molecule has 0 heterocycles. The minimum Gasteiger partial charge on any atom is -0.328 e. The Hall–Kier alpha value is -0.0400. The Balaban J connectivity index is 2.02.